The van der Waals surface area contributed by atoms with Crippen molar-refractivity contribution in [3.8, 4) is 0 Å². The van der Waals surface area contributed by atoms with Crippen LogP contribution < -0.4 is 15.1 Å². The first-order valence-corrected chi connectivity index (χ1v) is 12.1. The molecule has 9 nitrogen and oxygen atoms in total. The van der Waals surface area contributed by atoms with Crippen molar-refractivity contribution in [1.29, 1.82) is 0 Å². The number of carbonyl (C=O) groups excluding carboxylic acids is 2. The largest absolute Gasteiger partial charge is 0.442 e. The quantitative estimate of drug-likeness (QED) is 0.717. The zero-order valence-corrected chi connectivity index (χ0v) is 18.5. The lowest BCUT2D eigenvalue weighted by Crippen LogP contribution is -2.33. The second-order valence-corrected chi connectivity index (χ2v) is 10.7. The molecule has 11 heteroatoms. The summed E-state index contributed by atoms with van der Waals surface area (Å²) in [7, 11) is -3.22. The molecule has 170 valence electrons. The Morgan fingerprint density at radius 3 is 2.68 bits per heavy atom. The molecule has 3 heterocycles. The third-order valence-electron chi connectivity index (χ3n) is 6.35. The Hall–Kier alpha value is -2.40. The van der Waals surface area contributed by atoms with Gasteiger partial charge in [0, 0.05) is 38.5 Å². The Morgan fingerprint density at radius 2 is 2.03 bits per heavy atom. The molecule has 1 aromatic carbocycles. The normalized spacial score (nSPS) is 26.7. The van der Waals surface area contributed by atoms with Crippen LogP contribution in [-0.4, -0.2) is 76.4 Å². The molecule has 0 aromatic heterocycles. The highest BCUT2D eigenvalue weighted by molar-refractivity contribution is 7.88. The number of nitrogens with one attached hydrogen (secondary N) is 1. The molecule has 0 aliphatic carbocycles. The van der Waals surface area contributed by atoms with E-state index in [1.54, 1.807) is 12.1 Å². The summed E-state index contributed by atoms with van der Waals surface area (Å²) in [6.07, 6.45) is 1.74. The van der Waals surface area contributed by atoms with E-state index in [0.29, 0.717) is 37.6 Å². The Morgan fingerprint density at radius 1 is 1.29 bits per heavy atom. The van der Waals surface area contributed by atoms with Gasteiger partial charge >= 0.3 is 6.09 Å². The molecule has 3 aliphatic rings. The molecule has 4 rings (SSSR count). The van der Waals surface area contributed by atoms with Gasteiger partial charge in [0.2, 0.25) is 15.9 Å². The number of hydrogen-bond acceptors (Lipinski definition) is 6. The van der Waals surface area contributed by atoms with Crippen LogP contribution in [0.25, 0.3) is 0 Å². The van der Waals surface area contributed by atoms with Crippen molar-refractivity contribution in [2.45, 2.75) is 25.9 Å². The first kappa shape index (κ1) is 21.8. The number of sulfonamides is 1. The number of amides is 2. The molecule has 1 spiro atoms. The molecular weight excluding hydrogens is 427 g/mol. The SMILES string of the molecule is CC(=O)NC[C@H]1CN(c2ccc(N3CCC4(CCN(S(C)(=O)=O)C4)C3)c(F)c2)C(=O)O1. The lowest BCUT2D eigenvalue weighted by Gasteiger charge is -2.26. The molecule has 0 bridgehead atoms. The Bertz CT molecular complexity index is 1000. The van der Waals surface area contributed by atoms with Crippen molar-refractivity contribution in [3.05, 3.63) is 24.0 Å². The van der Waals surface area contributed by atoms with Gasteiger partial charge < -0.3 is 15.0 Å². The highest BCUT2D eigenvalue weighted by atomic mass is 32.2. The molecule has 2 atom stereocenters. The van der Waals surface area contributed by atoms with E-state index < -0.39 is 28.0 Å². The van der Waals surface area contributed by atoms with E-state index in [-0.39, 0.29) is 24.4 Å². The lowest BCUT2D eigenvalue weighted by atomic mass is 9.86. The first-order chi connectivity index (χ1) is 14.6. The van der Waals surface area contributed by atoms with Gasteiger partial charge in [-0.2, -0.15) is 0 Å². The Labute approximate surface area is 181 Å². The molecule has 31 heavy (non-hydrogen) atoms. The minimum absolute atomic E-state index is 0.149. The molecule has 1 unspecified atom stereocenters. The van der Waals surface area contributed by atoms with Crippen LogP contribution in [0.1, 0.15) is 19.8 Å². The number of nitrogens with zero attached hydrogens (tertiary/aromatic N) is 3. The second-order valence-electron chi connectivity index (χ2n) is 8.71. The summed E-state index contributed by atoms with van der Waals surface area (Å²) in [4.78, 5) is 26.5. The Balaban J connectivity index is 1.43. The van der Waals surface area contributed by atoms with E-state index in [1.807, 2.05) is 4.90 Å². The summed E-state index contributed by atoms with van der Waals surface area (Å²) in [5.74, 6) is -0.652. The number of ether oxygens (including phenoxy) is 1. The number of anilines is 2. The van der Waals surface area contributed by atoms with Crippen LogP contribution in [0.2, 0.25) is 0 Å². The minimum atomic E-state index is -3.22. The van der Waals surface area contributed by atoms with Crippen molar-refractivity contribution in [3.63, 3.8) is 0 Å². The molecule has 0 radical (unpaired) electrons. The van der Waals surface area contributed by atoms with Crippen molar-refractivity contribution < 1.29 is 27.1 Å². The third kappa shape index (κ3) is 4.47. The first-order valence-electron chi connectivity index (χ1n) is 10.3. The van der Waals surface area contributed by atoms with Gasteiger partial charge in [-0.1, -0.05) is 0 Å². The predicted octanol–water partition coefficient (Wildman–Crippen LogP) is 1.15. The van der Waals surface area contributed by atoms with Crippen LogP contribution in [0.5, 0.6) is 0 Å². The number of hydrogen-bond donors (Lipinski definition) is 1. The van der Waals surface area contributed by atoms with E-state index in [9.17, 15) is 22.4 Å². The van der Waals surface area contributed by atoms with Gasteiger partial charge in [-0.15, -0.1) is 0 Å². The molecule has 3 saturated heterocycles. The van der Waals surface area contributed by atoms with Crippen LogP contribution >= 0.6 is 0 Å². The zero-order chi connectivity index (χ0) is 22.4. The van der Waals surface area contributed by atoms with E-state index >= 15 is 0 Å². The molecule has 1 N–H and O–H groups in total. The maximum atomic E-state index is 15.0. The van der Waals surface area contributed by atoms with Gasteiger partial charge in [0.15, 0.2) is 0 Å². The smallest absolute Gasteiger partial charge is 0.414 e. The van der Waals surface area contributed by atoms with Gasteiger partial charge in [-0.25, -0.2) is 21.9 Å². The van der Waals surface area contributed by atoms with Crippen molar-refractivity contribution in [1.82, 2.24) is 9.62 Å². The molecule has 2 amide bonds. The second kappa shape index (κ2) is 7.94. The maximum absolute atomic E-state index is 15.0. The van der Waals surface area contributed by atoms with E-state index in [2.05, 4.69) is 5.32 Å². The van der Waals surface area contributed by atoms with Crippen molar-refractivity contribution in [2.24, 2.45) is 5.41 Å². The number of benzene rings is 1. The number of rotatable bonds is 5. The van der Waals surface area contributed by atoms with E-state index in [0.717, 1.165) is 12.8 Å². The van der Waals surface area contributed by atoms with Crippen LogP contribution in [0.15, 0.2) is 18.2 Å². The Kier molecular flexibility index (Phi) is 5.59. The molecular formula is C20H27FN4O5S. The summed E-state index contributed by atoms with van der Waals surface area (Å²) in [5.41, 5.74) is 0.694. The standard InChI is InChI=1S/C20H27FN4O5S/c1-14(26)22-10-16-11-25(19(27)30-16)15-3-4-18(17(21)9-15)23-7-5-20(12-23)6-8-24(13-20)31(2,28)29/h3-4,9,16H,5-8,10-13H2,1-2H3,(H,22,26)/t16-,20?/m0/s1. The summed E-state index contributed by atoms with van der Waals surface area (Å²) < 4.78 is 45.4. The van der Waals surface area contributed by atoms with Crippen LogP contribution in [-0.2, 0) is 19.6 Å². The summed E-state index contributed by atoms with van der Waals surface area (Å²) >= 11 is 0. The summed E-state index contributed by atoms with van der Waals surface area (Å²) in [6.45, 7) is 4.04. The van der Waals surface area contributed by atoms with Gasteiger partial charge in [0.05, 0.1) is 30.7 Å². The fraction of sp³-hybridized carbons (Fsp3) is 0.600. The fourth-order valence-electron chi connectivity index (χ4n) is 4.67. The zero-order valence-electron chi connectivity index (χ0n) is 17.6. The summed E-state index contributed by atoms with van der Waals surface area (Å²) in [5, 5.41) is 2.61. The monoisotopic (exact) mass is 454 g/mol. The molecule has 3 fully saturated rings. The highest BCUT2D eigenvalue weighted by Crippen LogP contribution is 2.42. The molecule has 3 aliphatic heterocycles. The van der Waals surface area contributed by atoms with Crippen LogP contribution in [0.4, 0.5) is 20.6 Å². The number of halogens is 1. The number of cyclic esters (lactones) is 1. The highest BCUT2D eigenvalue weighted by Gasteiger charge is 2.46. The van der Waals surface area contributed by atoms with Gasteiger partial charge in [-0.3, -0.25) is 9.69 Å². The molecule has 1 aromatic rings. The van der Waals surface area contributed by atoms with Crippen molar-refractivity contribution in [2.75, 3.05) is 55.3 Å². The predicted molar refractivity (Wildman–Crippen MR) is 113 cm³/mol. The average Bonchev–Trinajstić information content (AvgIpc) is 3.39. The third-order valence-corrected chi connectivity index (χ3v) is 7.60. The number of carbonyl (C=O) groups is 2. The van der Waals surface area contributed by atoms with Gasteiger partial charge in [0.25, 0.3) is 0 Å². The van der Waals surface area contributed by atoms with Crippen LogP contribution in [0.3, 0.4) is 0 Å². The van der Waals surface area contributed by atoms with Crippen molar-refractivity contribution >= 4 is 33.4 Å². The van der Waals surface area contributed by atoms with Gasteiger partial charge in [0.1, 0.15) is 11.9 Å². The van der Waals surface area contributed by atoms with E-state index in [4.69, 9.17) is 4.74 Å². The average molecular weight is 455 g/mol. The van der Waals surface area contributed by atoms with E-state index in [1.165, 1.54) is 28.5 Å². The fourth-order valence-corrected chi connectivity index (χ4v) is 5.60. The minimum Gasteiger partial charge on any atom is -0.442 e. The lowest BCUT2D eigenvalue weighted by molar-refractivity contribution is -0.119. The van der Waals surface area contributed by atoms with Crippen LogP contribution in [0, 0.1) is 11.2 Å². The summed E-state index contributed by atoms with van der Waals surface area (Å²) in [6, 6.07) is 4.66. The topological polar surface area (TPSA) is 99.3 Å². The molecule has 0 saturated carbocycles. The van der Waals surface area contributed by atoms with Gasteiger partial charge in [-0.05, 0) is 31.0 Å². The maximum Gasteiger partial charge on any atom is 0.414 e.